The number of Topliss-reactive ketones (excluding diaryl/α,β-unsaturated/α-hetero) is 1. The van der Waals surface area contributed by atoms with Crippen LogP contribution in [0, 0.1) is 0 Å². The Kier molecular flexibility index (Phi) is 37.7. The van der Waals surface area contributed by atoms with Gasteiger partial charge >= 0.3 is 35.8 Å². The SMILES string of the molecule is CC(=O)CCSSCCC(=O)Oc1ccccc1.CCCC(=O)Oc1ccccc1.COC(=O)CCSSCCC(=O)Oc1ccccc1.O=C(CCSSCCC(=O)Oc1ccccc1)Oc1ccccc1. The minimum atomic E-state index is -0.252. The number of rotatable bonds is 28. The van der Waals surface area contributed by atoms with E-state index < -0.39 is 0 Å². The van der Waals surface area contributed by atoms with Crippen molar-refractivity contribution in [2.45, 2.75) is 65.2 Å². The molecule has 0 aliphatic carbocycles. The molecule has 73 heavy (non-hydrogen) atoms. The number of ether oxygens (including phenoxy) is 6. The Bertz CT molecular complexity index is 2220. The van der Waals surface area contributed by atoms with E-state index >= 15 is 0 Å². The van der Waals surface area contributed by atoms with Gasteiger partial charge in [0.15, 0.2) is 0 Å². The van der Waals surface area contributed by atoms with Crippen LogP contribution in [0.2, 0.25) is 0 Å². The number of hydrogen-bond donors (Lipinski definition) is 0. The Morgan fingerprint density at radius 3 is 0.726 bits per heavy atom. The van der Waals surface area contributed by atoms with Crippen LogP contribution in [0.1, 0.15) is 65.2 Å². The third-order valence-corrected chi connectivity index (χ3v) is 15.5. The van der Waals surface area contributed by atoms with Gasteiger partial charge in [-0.05, 0) is 74.0 Å². The van der Waals surface area contributed by atoms with Crippen LogP contribution in [0.15, 0.2) is 152 Å². The zero-order valence-electron chi connectivity index (χ0n) is 41.1. The highest BCUT2D eigenvalue weighted by Gasteiger charge is 2.09. The molecule has 13 nitrogen and oxygen atoms in total. The summed E-state index contributed by atoms with van der Waals surface area (Å²) in [5, 5.41) is 0. The summed E-state index contributed by atoms with van der Waals surface area (Å²) in [5.41, 5.74) is 0. The number of hydrogen-bond acceptors (Lipinski definition) is 19. The van der Waals surface area contributed by atoms with E-state index in [9.17, 15) is 33.6 Å². The Morgan fingerprint density at radius 2 is 0.521 bits per heavy atom. The zero-order chi connectivity index (χ0) is 53.0. The maximum absolute atomic E-state index is 11.6. The van der Waals surface area contributed by atoms with Gasteiger partial charge in [0, 0.05) is 47.4 Å². The lowest BCUT2D eigenvalue weighted by atomic mass is 10.3. The van der Waals surface area contributed by atoms with Crippen molar-refractivity contribution in [3.8, 4) is 28.7 Å². The van der Waals surface area contributed by atoms with E-state index in [0.29, 0.717) is 102 Å². The fourth-order valence-electron chi connectivity index (χ4n) is 4.83. The van der Waals surface area contributed by atoms with Crippen LogP contribution < -0.4 is 23.7 Å². The molecule has 0 unspecified atom stereocenters. The number of carbonyl (C=O) groups excluding carboxylic acids is 7. The molecule has 392 valence electrons. The average Bonchev–Trinajstić information content (AvgIpc) is 3.39. The molecule has 0 saturated heterocycles. The van der Waals surface area contributed by atoms with Crippen molar-refractivity contribution in [3.05, 3.63) is 152 Å². The smallest absolute Gasteiger partial charge is 0.312 e. The molecule has 0 aromatic heterocycles. The van der Waals surface area contributed by atoms with Crippen LogP contribution in [-0.4, -0.2) is 83.2 Å². The number of carbonyl (C=O) groups is 7. The van der Waals surface area contributed by atoms with Gasteiger partial charge in [-0.25, -0.2) is 0 Å². The number of para-hydroxylation sites is 5. The van der Waals surface area contributed by atoms with Crippen LogP contribution in [0.5, 0.6) is 28.7 Å². The van der Waals surface area contributed by atoms with Gasteiger partial charge in [-0.1, -0.05) is 163 Å². The van der Waals surface area contributed by atoms with E-state index in [1.54, 1.807) is 132 Å². The van der Waals surface area contributed by atoms with Crippen molar-refractivity contribution in [3.63, 3.8) is 0 Å². The molecule has 0 radical (unpaired) electrons. The summed E-state index contributed by atoms with van der Waals surface area (Å²) in [4.78, 5) is 78.7. The van der Waals surface area contributed by atoms with E-state index in [4.69, 9.17) is 23.7 Å². The van der Waals surface area contributed by atoms with Gasteiger partial charge in [-0.3, -0.25) is 33.6 Å². The van der Waals surface area contributed by atoms with Crippen molar-refractivity contribution in [1.82, 2.24) is 0 Å². The second-order valence-corrected chi connectivity index (χ2v) is 22.5. The highest BCUT2D eigenvalue weighted by Crippen LogP contribution is 2.25. The predicted molar refractivity (Wildman–Crippen MR) is 300 cm³/mol. The number of esters is 6. The van der Waals surface area contributed by atoms with E-state index in [1.807, 2.05) is 97.9 Å². The van der Waals surface area contributed by atoms with Crippen molar-refractivity contribution in [2.24, 2.45) is 0 Å². The topological polar surface area (TPSA) is 175 Å². The minimum Gasteiger partial charge on any atom is -0.469 e. The molecule has 0 fully saturated rings. The summed E-state index contributed by atoms with van der Waals surface area (Å²) in [6.45, 7) is 3.54. The monoisotopic (exact) mass is 1110 g/mol. The first-order valence-corrected chi connectivity index (χ1v) is 30.5. The summed E-state index contributed by atoms with van der Waals surface area (Å²) < 4.78 is 30.2. The summed E-state index contributed by atoms with van der Waals surface area (Å²) in [6, 6.07) is 45.2. The lowest BCUT2D eigenvalue weighted by molar-refractivity contribution is -0.140. The Labute approximate surface area is 452 Å². The molecule has 0 spiro atoms. The molecule has 0 atom stereocenters. The second kappa shape index (κ2) is 43.1. The van der Waals surface area contributed by atoms with Crippen molar-refractivity contribution >= 4 is 106 Å². The molecule has 5 aromatic rings. The van der Waals surface area contributed by atoms with Crippen molar-refractivity contribution in [2.75, 3.05) is 41.6 Å². The Morgan fingerprint density at radius 1 is 0.315 bits per heavy atom. The molecular weight excluding hydrogens is 1050 g/mol. The van der Waals surface area contributed by atoms with Gasteiger partial charge in [-0.2, -0.15) is 0 Å². The first kappa shape index (κ1) is 63.8. The lowest BCUT2D eigenvalue weighted by Gasteiger charge is -2.04. The number of methoxy groups -OCH3 is 1. The first-order valence-electron chi connectivity index (χ1n) is 23.0. The predicted octanol–water partition coefficient (Wildman–Crippen LogP) is 13.0. The molecule has 0 N–H and O–H groups in total. The maximum Gasteiger partial charge on any atom is 0.312 e. The quantitative estimate of drug-likeness (QED) is 0.0200. The number of ketones is 1. The molecule has 5 rings (SSSR count). The minimum absolute atomic E-state index is 0.163. The third kappa shape index (κ3) is 37.1. The van der Waals surface area contributed by atoms with Crippen LogP contribution in [0.4, 0.5) is 0 Å². The van der Waals surface area contributed by atoms with Crippen LogP contribution in [0.25, 0.3) is 0 Å². The first-order chi connectivity index (χ1) is 35.5. The molecule has 0 amide bonds. The van der Waals surface area contributed by atoms with Gasteiger partial charge in [0.2, 0.25) is 0 Å². The van der Waals surface area contributed by atoms with Gasteiger partial charge in [0.05, 0.1) is 39.2 Å². The Balaban J connectivity index is 0.000000342. The summed E-state index contributed by atoms with van der Waals surface area (Å²) in [6.07, 6.45) is 3.69. The fraction of sp³-hybridized carbons (Fsp3) is 0.315. The number of benzene rings is 5. The third-order valence-electron chi connectivity index (χ3n) is 8.29. The molecule has 0 saturated carbocycles. The molecule has 19 heteroatoms. The van der Waals surface area contributed by atoms with E-state index in [0.717, 1.165) is 12.2 Å². The molecular formula is C54H62O13S6. The molecule has 0 aliphatic heterocycles. The largest absolute Gasteiger partial charge is 0.469 e. The van der Waals surface area contributed by atoms with Gasteiger partial charge in [0.1, 0.15) is 34.5 Å². The van der Waals surface area contributed by atoms with Gasteiger partial charge in [0.25, 0.3) is 0 Å². The zero-order valence-corrected chi connectivity index (χ0v) is 46.0. The summed E-state index contributed by atoms with van der Waals surface area (Å²) in [7, 11) is 10.8. The normalized spacial score (nSPS) is 9.96. The standard InChI is InChI=1S/C18H18O4S2.C13H16O4S2.C13H16O3S2.C10H12O2/c19-17(21-15-7-3-1-4-8-15)11-13-23-24-14-12-18(20)22-16-9-5-2-6-10-16;1-16-12(14)7-9-18-19-10-8-13(15)17-11-5-3-2-4-6-11;1-11(14)7-9-17-18-10-8-13(15)16-12-5-3-2-4-6-12;1-2-6-10(11)12-9-7-4-3-5-8-9/h1-10H,11-14H2;2-6H,7-10H2,1H3;2-6H,7-10H2,1H3;3-5,7-8H,2,6H2,1H3. The molecule has 5 aromatic carbocycles. The van der Waals surface area contributed by atoms with E-state index in [1.165, 1.54) is 7.11 Å². The van der Waals surface area contributed by atoms with Crippen LogP contribution in [0.3, 0.4) is 0 Å². The summed E-state index contributed by atoms with van der Waals surface area (Å²) in [5.74, 6) is 5.88. The van der Waals surface area contributed by atoms with Crippen LogP contribution in [-0.2, 0) is 38.3 Å². The highest BCUT2D eigenvalue weighted by atomic mass is 33.1. The summed E-state index contributed by atoms with van der Waals surface area (Å²) >= 11 is 0. The van der Waals surface area contributed by atoms with Crippen molar-refractivity contribution < 1.29 is 62.0 Å². The van der Waals surface area contributed by atoms with Crippen LogP contribution >= 0.6 is 64.8 Å². The fourth-order valence-corrected chi connectivity index (χ4v) is 10.8. The average molecular weight is 1110 g/mol. The van der Waals surface area contributed by atoms with Gasteiger partial charge < -0.3 is 28.4 Å². The lowest BCUT2D eigenvalue weighted by Crippen LogP contribution is -2.09. The molecule has 0 aliphatic rings. The van der Waals surface area contributed by atoms with Gasteiger partial charge in [-0.15, -0.1) is 0 Å². The van der Waals surface area contributed by atoms with E-state index in [-0.39, 0.29) is 41.6 Å². The highest BCUT2D eigenvalue weighted by molar-refractivity contribution is 8.77. The molecule has 0 bridgehead atoms. The van der Waals surface area contributed by atoms with E-state index in [2.05, 4.69) is 4.74 Å². The molecule has 0 heterocycles. The Hall–Kier alpha value is -5.31. The second-order valence-electron chi connectivity index (χ2n) is 14.4. The van der Waals surface area contributed by atoms with Crippen molar-refractivity contribution in [1.29, 1.82) is 0 Å². The maximum atomic E-state index is 11.6.